The molecule has 3 aliphatic heterocycles. The minimum absolute atomic E-state index is 0.000980. The molecule has 4 heterocycles. The predicted molar refractivity (Wildman–Crippen MR) is 213 cm³/mol. The molecule has 55 heavy (non-hydrogen) atoms. The van der Waals surface area contributed by atoms with Crippen molar-refractivity contribution in [3.05, 3.63) is 119 Å². The first kappa shape index (κ1) is 36.9. The summed E-state index contributed by atoms with van der Waals surface area (Å²) in [6.07, 6.45) is 2.62. The van der Waals surface area contributed by atoms with E-state index in [0.717, 1.165) is 33.9 Å². The van der Waals surface area contributed by atoms with Gasteiger partial charge >= 0.3 is 0 Å². The fraction of sp³-hybridized carbons (Fsp3) is 0.333. The summed E-state index contributed by atoms with van der Waals surface area (Å²) in [6, 6.07) is 29.2. The molecular weight excluding hydrogens is 734 g/mol. The van der Waals surface area contributed by atoms with E-state index in [1.165, 1.54) is 5.19 Å². The number of aryl methyl sites for hydroxylation is 1. The molecule has 4 aromatic carbocycles. The standard InChI is InChI=1S/C42H44ClN5O6Si/c1-27-40(55(3,4)33-16-14-32(52-2)15-17-33)38(19-21-46-25-30(20-22-49)44-45-46)54-42(27)34-23-29(43)11-18-35(34)47(41(42)51)24-28-9-12-31(13-10-28)48-36-7-5-6-8-37(36)53-26-39(48)50/h5-18,23,25,27,38,40,49H,19-22,24,26H2,1-4H3/t27-,38+,40-,42+/m1/s1. The summed E-state index contributed by atoms with van der Waals surface area (Å²) >= 11 is 6.72. The van der Waals surface area contributed by atoms with Gasteiger partial charge in [0, 0.05) is 48.0 Å². The van der Waals surface area contributed by atoms with Gasteiger partial charge in [-0.25, -0.2) is 0 Å². The van der Waals surface area contributed by atoms with E-state index < -0.39 is 13.7 Å². The second-order valence-corrected chi connectivity index (χ2v) is 20.2. The SMILES string of the molecule is COc1ccc([Si](C)(C)[C@H]2[C@H](CCn3cc(CCO)nn3)O[C@@]3(C(=O)N(Cc4ccc(N5C(=O)COc6ccccc65)cc4)c4ccc(Cl)cc43)[C@@H]2C)cc1. The minimum atomic E-state index is -2.37. The number of benzene rings is 4. The van der Waals surface area contributed by atoms with Crippen molar-refractivity contribution in [2.24, 2.45) is 5.92 Å². The molecule has 13 heteroatoms. The van der Waals surface area contributed by atoms with Gasteiger partial charge in [0.05, 0.1) is 44.9 Å². The summed E-state index contributed by atoms with van der Waals surface area (Å²) in [6.45, 7) is 7.69. The Balaban J connectivity index is 1.13. The average molecular weight is 778 g/mol. The number of carbonyl (C=O) groups is 2. The third-order valence-corrected chi connectivity index (χ3v) is 16.2. The highest BCUT2D eigenvalue weighted by atomic mass is 35.5. The lowest BCUT2D eigenvalue weighted by atomic mass is 9.82. The van der Waals surface area contributed by atoms with Crippen molar-refractivity contribution >= 4 is 53.7 Å². The zero-order valence-electron chi connectivity index (χ0n) is 31.3. The Labute approximate surface area is 326 Å². The first-order chi connectivity index (χ1) is 26.5. The predicted octanol–water partition coefficient (Wildman–Crippen LogP) is 6.39. The molecule has 11 nitrogen and oxygen atoms in total. The van der Waals surface area contributed by atoms with E-state index in [-0.39, 0.29) is 42.6 Å². The van der Waals surface area contributed by atoms with Gasteiger partial charge in [-0.1, -0.05) is 78.4 Å². The number of fused-ring (bicyclic) bond motifs is 3. The van der Waals surface area contributed by atoms with Gasteiger partial charge in [0.15, 0.2) is 12.2 Å². The summed E-state index contributed by atoms with van der Waals surface area (Å²) in [4.78, 5) is 31.7. The van der Waals surface area contributed by atoms with Gasteiger partial charge in [-0.2, -0.15) is 0 Å². The Hall–Kier alpha value is -5.01. The molecule has 1 saturated heterocycles. The average Bonchev–Trinajstić information content (AvgIpc) is 3.84. The molecule has 8 rings (SSSR count). The smallest absolute Gasteiger partial charge is 0.269 e. The number of halogens is 1. The zero-order valence-corrected chi connectivity index (χ0v) is 33.1. The van der Waals surface area contributed by atoms with E-state index in [0.29, 0.717) is 42.4 Å². The molecule has 1 fully saturated rings. The number of nitrogens with zero attached hydrogens (tertiary/aromatic N) is 5. The van der Waals surface area contributed by atoms with Crippen LogP contribution in [0.3, 0.4) is 0 Å². The monoisotopic (exact) mass is 777 g/mol. The van der Waals surface area contributed by atoms with Gasteiger partial charge < -0.3 is 24.2 Å². The van der Waals surface area contributed by atoms with Crippen molar-refractivity contribution in [2.75, 3.05) is 30.1 Å². The van der Waals surface area contributed by atoms with Crippen LogP contribution in [0.2, 0.25) is 23.7 Å². The molecule has 0 aliphatic carbocycles. The quantitative estimate of drug-likeness (QED) is 0.154. The van der Waals surface area contributed by atoms with E-state index in [9.17, 15) is 9.90 Å². The maximum Gasteiger partial charge on any atom is 0.269 e. The number of rotatable bonds is 11. The van der Waals surface area contributed by atoms with Crippen molar-refractivity contribution < 1.29 is 28.9 Å². The molecule has 0 unspecified atom stereocenters. The molecule has 1 aromatic heterocycles. The largest absolute Gasteiger partial charge is 0.497 e. The summed E-state index contributed by atoms with van der Waals surface area (Å²) in [7, 11) is -0.700. The molecule has 5 aromatic rings. The number of carbonyl (C=O) groups excluding carboxylic acids is 2. The Kier molecular flexibility index (Phi) is 9.79. The number of hydrogen-bond donors (Lipinski definition) is 1. The zero-order chi connectivity index (χ0) is 38.5. The Bertz CT molecular complexity index is 2230. The second kappa shape index (κ2) is 14.6. The van der Waals surface area contributed by atoms with Gasteiger partial charge in [0.2, 0.25) is 0 Å². The maximum atomic E-state index is 15.2. The van der Waals surface area contributed by atoms with Crippen LogP contribution in [0.25, 0.3) is 0 Å². The fourth-order valence-corrected chi connectivity index (χ4v) is 13.2. The van der Waals surface area contributed by atoms with Crippen LogP contribution in [-0.2, 0) is 39.4 Å². The van der Waals surface area contributed by atoms with Crippen molar-refractivity contribution in [3.63, 3.8) is 0 Å². The summed E-state index contributed by atoms with van der Waals surface area (Å²) in [5, 5.41) is 19.8. The first-order valence-corrected chi connectivity index (χ1v) is 22.1. The van der Waals surface area contributed by atoms with Crippen molar-refractivity contribution in [3.8, 4) is 11.5 Å². The van der Waals surface area contributed by atoms with Crippen LogP contribution < -0.4 is 24.5 Å². The van der Waals surface area contributed by atoms with Crippen LogP contribution in [0, 0.1) is 5.92 Å². The highest BCUT2D eigenvalue weighted by Gasteiger charge is 2.66. The van der Waals surface area contributed by atoms with Gasteiger partial charge in [-0.3, -0.25) is 19.2 Å². The van der Waals surface area contributed by atoms with Gasteiger partial charge in [0.25, 0.3) is 11.8 Å². The highest BCUT2D eigenvalue weighted by molar-refractivity contribution is 6.91. The van der Waals surface area contributed by atoms with E-state index in [1.54, 1.807) is 16.7 Å². The van der Waals surface area contributed by atoms with Crippen molar-refractivity contribution in [2.45, 2.75) is 63.2 Å². The number of methoxy groups -OCH3 is 1. The molecule has 3 aliphatic rings. The molecule has 1 spiro atoms. The molecule has 4 atom stereocenters. The van der Waals surface area contributed by atoms with Crippen molar-refractivity contribution in [1.82, 2.24) is 15.0 Å². The number of hydrogen-bond acceptors (Lipinski definition) is 8. The normalized spacial score (nSPS) is 21.9. The molecule has 1 N–H and O–H groups in total. The minimum Gasteiger partial charge on any atom is -0.497 e. The molecule has 284 valence electrons. The summed E-state index contributed by atoms with van der Waals surface area (Å²) in [5.74, 6) is 0.980. The summed E-state index contributed by atoms with van der Waals surface area (Å²) in [5.41, 5.74) is 3.37. The highest BCUT2D eigenvalue weighted by Crippen LogP contribution is 2.60. The van der Waals surface area contributed by atoms with Gasteiger partial charge in [-0.05, 0) is 72.1 Å². The number of ether oxygens (including phenoxy) is 3. The van der Waals surface area contributed by atoms with Crippen LogP contribution in [0.1, 0.15) is 30.2 Å². The van der Waals surface area contributed by atoms with Crippen LogP contribution in [0.15, 0.2) is 97.2 Å². The second-order valence-electron chi connectivity index (χ2n) is 15.1. The maximum absolute atomic E-state index is 15.2. The first-order valence-electron chi connectivity index (χ1n) is 18.6. The van der Waals surface area contributed by atoms with E-state index in [4.69, 9.17) is 25.8 Å². The lowest BCUT2D eigenvalue weighted by molar-refractivity contribution is -0.146. The van der Waals surface area contributed by atoms with Crippen LogP contribution in [-0.4, -0.2) is 66.4 Å². The van der Waals surface area contributed by atoms with Crippen LogP contribution in [0.4, 0.5) is 17.1 Å². The Morgan fingerprint density at radius 2 is 1.76 bits per heavy atom. The summed E-state index contributed by atoms with van der Waals surface area (Å²) < 4.78 is 20.2. The number of amides is 2. The Morgan fingerprint density at radius 3 is 2.51 bits per heavy atom. The Morgan fingerprint density at radius 1 is 1.00 bits per heavy atom. The number of aromatic nitrogens is 3. The van der Waals surface area contributed by atoms with E-state index in [2.05, 4.69) is 42.5 Å². The molecule has 0 radical (unpaired) electrons. The molecule has 2 amide bonds. The number of para-hydroxylation sites is 2. The van der Waals surface area contributed by atoms with E-state index in [1.807, 2.05) is 90.0 Å². The molecular formula is C42H44ClN5O6Si. The van der Waals surface area contributed by atoms with Crippen LogP contribution >= 0.6 is 11.6 Å². The third-order valence-electron chi connectivity index (χ3n) is 11.6. The number of aliphatic hydroxyl groups excluding tert-OH is 1. The van der Waals surface area contributed by atoms with Crippen LogP contribution in [0.5, 0.6) is 11.5 Å². The topological polar surface area (TPSA) is 119 Å². The molecule has 0 saturated carbocycles. The number of aliphatic hydroxyl groups is 1. The number of anilines is 3. The van der Waals surface area contributed by atoms with E-state index >= 15 is 4.79 Å². The van der Waals surface area contributed by atoms with Gasteiger partial charge in [0.1, 0.15) is 11.5 Å². The third kappa shape index (κ3) is 6.40. The van der Waals surface area contributed by atoms with Crippen molar-refractivity contribution in [1.29, 1.82) is 0 Å². The van der Waals surface area contributed by atoms with Gasteiger partial charge in [-0.15, -0.1) is 5.10 Å². The fourth-order valence-electron chi connectivity index (χ4n) is 8.97. The lowest BCUT2D eigenvalue weighted by Crippen LogP contribution is -2.51. The lowest BCUT2D eigenvalue weighted by Gasteiger charge is -2.37. The molecule has 0 bridgehead atoms.